The highest BCUT2D eigenvalue weighted by molar-refractivity contribution is 5.78. The molecule has 1 N–H and O–H groups in total. The van der Waals surface area contributed by atoms with E-state index in [2.05, 4.69) is 11.4 Å². The largest absolute Gasteiger partial charge is 0.381 e. The number of carbonyl (C=O) groups excluding carboxylic acids is 1. The Labute approximate surface area is 103 Å². The highest BCUT2D eigenvalue weighted by Crippen LogP contribution is 2.06. The molecule has 0 aliphatic carbocycles. The van der Waals surface area contributed by atoms with Crippen molar-refractivity contribution in [1.82, 2.24) is 10.2 Å². The van der Waals surface area contributed by atoms with Crippen LogP contribution in [0.5, 0.6) is 0 Å². The van der Waals surface area contributed by atoms with E-state index in [1.165, 1.54) is 0 Å². The number of amides is 1. The summed E-state index contributed by atoms with van der Waals surface area (Å²) >= 11 is 0. The quantitative estimate of drug-likeness (QED) is 0.710. The number of ether oxygens (including phenoxy) is 1. The highest BCUT2D eigenvalue weighted by atomic mass is 16.5. The molecule has 0 atom stereocenters. The fourth-order valence-electron chi connectivity index (χ4n) is 1.81. The Bertz CT molecular complexity index is 280. The summed E-state index contributed by atoms with van der Waals surface area (Å²) in [4.78, 5) is 13.7. The number of nitrogens with one attached hydrogen (secondary N) is 1. The molecule has 0 unspecified atom stereocenters. The van der Waals surface area contributed by atoms with Crippen molar-refractivity contribution in [2.24, 2.45) is 0 Å². The van der Waals surface area contributed by atoms with Gasteiger partial charge in [0, 0.05) is 25.3 Å². The van der Waals surface area contributed by atoms with E-state index in [4.69, 9.17) is 10.00 Å². The van der Waals surface area contributed by atoms with Gasteiger partial charge in [-0.05, 0) is 26.7 Å². The van der Waals surface area contributed by atoms with Gasteiger partial charge < -0.3 is 10.1 Å². The van der Waals surface area contributed by atoms with Crippen LogP contribution in [0, 0.1) is 11.3 Å². The van der Waals surface area contributed by atoms with Crippen LogP contribution in [0.25, 0.3) is 0 Å². The van der Waals surface area contributed by atoms with Crippen molar-refractivity contribution in [3.05, 3.63) is 0 Å². The number of hydrogen-bond acceptors (Lipinski definition) is 4. The SMILES string of the molecule is CC(C)N(CC#N)CC(=O)NC1CCOCC1. The number of hydrogen-bond donors (Lipinski definition) is 1. The Kier molecular flexibility index (Phi) is 5.95. The van der Waals surface area contributed by atoms with E-state index >= 15 is 0 Å². The van der Waals surface area contributed by atoms with Crippen LogP contribution >= 0.6 is 0 Å². The van der Waals surface area contributed by atoms with Crippen LogP contribution in [0.2, 0.25) is 0 Å². The van der Waals surface area contributed by atoms with Gasteiger partial charge in [0.25, 0.3) is 0 Å². The third-order valence-corrected chi connectivity index (χ3v) is 2.94. The topological polar surface area (TPSA) is 65.4 Å². The van der Waals surface area contributed by atoms with Gasteiger partial charge in [0.2, 0.25) is 5.91 Å². The molecule has 1 saturated heterocycles. The molecule has 1 amide bonds. The Hall–Kier alpha value is -1.12. The van der Waals surface area contributed by atoms with E-state index < -0.39 is 0 Å². The minimum atomic E-state index is 0.000787. The van der Waals surface area contributed by atoms with Crippen LogP contribution in [-0.4, -0.2) is 49.2 Å². The Morgan fingerprint density at radius 2 is 2.18 bits per heavy atom. The normalized spacial score (nSPS) is 17.1. The zero-order valence-corrected chi connectivity index (χ0v) is 10.6. The highest BCUT2D eigenvalue weighted by Gasteiger charge is 2.18. The lowest BCUT2D eigenvalue weighted by Gasteiger charge is -2.26. The maximum Gasteiger partial charge on any atom is 0.234 e. The minimum Gasteiger partial charge on any atom is -0.381 e. The molecule has 96 valence electrons. The zero-order chi connectivity index (χ0) is 12.7. The lowest BCUT2D eigenvalue weighted by atomic mass is 10.1. The van der Waals surface area contributed by atoms with Gasteiger partial charge in [0.05, 0.1) is 19.2 Å². The van der Waals surface area contributed by atoms with Gasteiger partial charge in [-0.1, -0.05) is 0 Å². The van der Waals surface area contributed by atoms with Crippen LogP contribution in [0.15, 0.2) is 0 Å². The van der Waals surface area contributed by atoms with Crippen molar-refractivity contribution in [1.29, 1.82) is 5.26 Å². The number of nitriles is 1. The molecule has 0 spiro atoms. The number of rotatable bonds is 5. The predicted molar refractivity (Wildman–Crippen MR) is 64.3 cm³/mol. The Morgan fingerprint density at radius 1 is 1.53 bits per heavy atom. The standard InChI is InChI=1S/C12H21N3O2/c1-10(2)15(6-5-13)9-12(16)14-11-3-7-17-8-4-11/h10-11H,3-4,6-9H2,1-2H3,(H,14,16). The molecule has 0 aromatic carbocycles. The first-order chi connectivity index (χ1) is 8.13. The molecule has 1 fully saturated rings. The molecule has 0 bridgehead atoms. The van der Waals surface area contributed by atoms with Gasteiger partial charge >= 0.3 is 0 Å². The third kappa shape index (κ3) is 5.16. The van der Waals surface area contributed by atoms with E-state index in [0.717, 1.165) is 26.1 Å². The van der Waals surface area contributed by atoms with Crippen LogP contribution < -0.4 is 5.32 Å². The molecule has 17 heavy (non-hydrogen) atoms. The lowest BCUT2D eigenvalue weighted by molar-refractivity contribution is -0.123. The zero-order valence-electron chi connectivity index (χ0n) is 10.6. The molecule has 5 nitrogen and oxygen atoms in total. The summed E-state index contributed by atoms with van der Waals surface area (Å²) in [6.45, 7) is 5.99. The van der Waals surface area contributed by atoms with Crippen LogP contribution in [-0.2, 0) is 9.53 Å². The van der Waals surface area contributed by atoms with Gasteiger partial charge in [-0.2, -0.15) is 5.26 Å². The minimum absolute atomic E-state index is 0.000787. The van der Waals surface area contributed by atoms with Gasteiger partial charge in [0.1, 0.15) is 0 Å². The molecular formula is C12H21N3O2. The van der Waals surface area contributed by atoms with Gasteiger partial charge in [-0.25, -0.2) is 0 Å². The smallest absolute Gasteiger partial charge is 0.234 e. The van der Waals surface area contributed by atoms with Crippen molar-refractivity contribution >= 4 is 5.91 Å². The van der Waals surface area contributed by atoms with Crippen molar-refractivity contribution in [2.75, 3.05) is 26.3 Å². The van der Waals surface area contributed by atoms with E-state index in [1.807, 2.05) is 18.7 Å². The summed E-state index contributed by atoms with van der Waals surface area (Å²) in [6, 6.07) is 2.52. The van der Waals surface area contributed by atoms with Crippen LogP contribution in [0.3, 0.4) is 0 Å². The lowest BCUT2D eigenvalue weighted by Crippen LogP contribution is -2.46. The van der Waals surface area contributed by atoms with Crippen molar-refractivity contribution in [3.8, 4) is 6.07 Å². The second kappa shape index (κ2) is 7.25. The molecule has 0 aromatic heterocycles. The third-order valence-electron chi connectivity index (χ3n) is 2.94. The molecule has 1 aliphatic heterocycles. The Balaban J connectivity index is 2.33. The van der Waals surface area contributed by atoms with Crippen LogP contribution in [0.1, 0.15) is 26.7 Å². The fourth-order valence-corrected chi connectivity index (χ4v) is 1.81. The van der Waals surface area contributed by atoms with E-state index in [1.54, 1.807) is 0 Å². The second-order valence-corrected chi connectivity index (χ2v) is 4.61. The number of nitrogens with zero attached hydrogens (tertiary/aromatic N) is 2. The van der Waals surface area contributed by atoms with E-state index in [-0.39, 0.29) is 18.0 Å². The van der Waals surface area contributed by atoms with Gasteiger partial charge in [-0.15, -0.1) is 0 Å². The van der Waals surface area contributed by atoms with Crippen LogP contribution in [0.4, 0.5) is 0 Å². The monoisotopic (exact) mass is 239 g/mol. The summed E-state index contributed by atoms with van der Waals surface area (Å²) in [7, 11) is 0. The van der Waals surface area contributed by atoms with Crippen molar-refractivity contribution in [2.45, 2.75) is 38.8 Å². The summed E-state index contributed by atoms with van der Waals surface area (Å²) in [6.07, 6.45) is 1.76. The number of carbonyl (C=O) groups is 1. The maximum absolute atomic E-state index is 11.8. The summed E-state index contributed by atoms with van der Waals surface area (Å²) in [5.74, 6) is 0.000787. The van der Waals surface area contributed by atoms with E-state index in [9.17, 15) is 4.79 Å². The summed E-state index contributed by atoms with van der Waals surface area (Å²) < 4.78 is 5.23. The molecule has 1 rings (SSSR count). The first kappa shape index (κ1) is 13.9. The second-order valence-electron chi connectivity index (χ2n) is 4.61. The molecular weight excluding hydrogens is 218 g/mol. The van der Waals surface area contributed by atoms with E-state index in [0.29, 0.717) is 13.1 Å². The first-order valence-corrected chi connectivity index (χ1v) is 6.11. The molecule has 0 radical (unpaired) electrons. The molecule has 0 aromatic rings. The first-order valence-electron chi connectivity index (χ1n) is 6.11. The molecule has 0 saturated carbocycles. The molecule has 1 heterocycles. The molecule has 1 aliphatic rings. The average Bonchev–Trinajstić information content (AvgIpc) is 2.29. The fraction of sp³-hybridized carbons (Fsp3) is 0.833. The average molecular weight is 239 g/mol. The van der Waals surface area contributed by atoms with Crippen molar-refractivity contribution in [3.63, 3.8) is 0 Å². The van der Waals surface area contributed by atoms with Gasteiger partial charge in [-0.3, -0.25) is 9.69 Å². The predicted octanol–water partition coefficient (Wildman–Crippen LogP) is 0.516. The Morgan fingerprint density at radius 3 is 2.71 bits per heavy atom. The summed E-state index contributed by atoms with van der Waals surface area (Å²) in [5, 5.41) is 11.7. The summed E-state index contributed by atoms with van der Waals surface area (Å²) in [5.41, 5.74) is 0. The van der Waals surface area contributed by atoms with Gasteiger partial charge in [0.15, 0.2) is 0 Å². The molecule has 5 heteroatoms. The maximum atomic E-state index is 11.8. The van der Waals surface area contributed by atoms with Crippen molar-refractivity contribution < 1.29 is 9.53 Å².